The van der Waals surface area contributed by atoms with E-state index < -0.39 is 26.6 Å². The van der Waals surface area contributed by atoms with E-state index in [0.29, 0.717) is 23.9 Å². The van der Waals surface area contributed by atoms with Crippen LogP contribution in [0, 0.1) is 0 Å². The lowest BCUT2D eigenvalue weighted by atomic mass is 10.0. The van der Waals surface area contributed by atoms with Crippen molar-refractivity contribution in [1.29, 1.82) is 0 Å². The third kappa shape index (κ3) is 56.5. The molecule has 0 aromatic carbocycles. The van der Waals surface area contributed by atoms with Crippen molar-refractivity contribution in [2.24, 2.45) is 0 Å². The maximum absolute atomic E-state index is 13.5. The van der Waals surface area contributed by atoms with Crippen molar-refractivity contribution in [3.8, 4) is 0 Å². The molecule has 0 aliphatic heterocycles. The van der Waals surface area contributed by atoms with Gasteiger partial charge in [-0.05, 0) is 70.3 Å². The Morgan fingerprint density at radius 3 is 1.24 bits per heavy atom. The predicted octanol–water partition coefficient (Wildman–Crippen LogP) is 19.0. The van der Waals surface area contributed by atoms with Crippen LogP contribution >= 0.6 is 7.82 Å². The Bertz CT molecular complexity index is 1420. The normalized spacial score (nSPS) is 14.0. The quantitative estimate of drug-likeness (QED) is 0.0212. The van der Waals surface area contributed by atoms with Crippen LogP contribution in [0.3, 0.4) is 0 Å². The average molecular weight is 1080 g/mol. The van der Waals surface area contributed by atoms with Crippen LogP contribution in [0.4, 0.5) is 0 Å². The molecule has 440 valence electrons. The number of hydrogen-bond donors (Lipinski definition) is 1. The van der Waals surface area contributed by atoms with Gasteiger partial charge in [-0.15, -0.1) is 0 Å². The lowest BCUT2D eigenvalue weighted by Crippen LogP contribution is -2.47. The van der Waals surface area contributed by atoms with Crippen molar-refractivity contribution in [3.05, 3.63) is 48.6 Å². The molecule has 0 bridgehead atoms. The number of carbonyl (C=O) groups is 2. The molecule has 0 rings (SSSR count). The third-order valence-electron chi connectivity index (χ3n) is 14.3. The largest absolute Gasteiger partial charge is 0.756 e. The monoisotopic (exact) mass is 1070 g/mol. The fourth-order valence-corrected chi connectivity index (χ4v) is 10.0. The highest BCUT2D eigenvalue weighted by atomic mass is 31.2. The highest BCUT2D eigenvalue weighted by Gasteiger charge is 2.27. The van der Waals surface area contributed by atoms with Crippen molar-refractivity contribution in [3.63, 3.8) is 0 Å². The van der Waals surface area contributed by atoms with Gasteiger partial charge >= 0.3 is 5.97 Å². The lowest BCUT2D eigenvalue weighted by Gasteiger charge is -2.30. The Morgan fingerprint density at radius 1 is 0.467 bits per heavy atom. The molecule has 0 saturated heterocycles. The van der Waals surface area contributed by atoms with Gasteiger partial charge in [-0.25, -0.2) is 0 Å². The predicted molar refractivity (Wildman–Crippen MR) is 321 cm³/mol. The Balaban J connectivity index is 5.28. The zero-order chi connectivity index (χ0) is 55.0. The van der Waals surface area contributed by atoms with Gasteiger partial charge in [0.15, 0.2) is 0 Å². The molecular formula is C65H123N2O7P. The Morgan fingerprint density at radius 2 is 0.813 bits per heavy atom. The van der Waals surface area contributed by atoms with Crippen molar-refractivity contribution >= 4 is 19.7 Å². The molecule has 3 unspecified atom stereocenters. The van der Waals surface area contributed by atoms with Gasteiger partial charge < -0.3 is 28.5 Å². The molecule has 0 fully saturated rings. The van der Waals surface area contributed by atoms with Gasteiger partial charge in [0, 0.05) is 12.8 Å². The molecule has 3 atom stereocenters. The summed E-state index contributed by atoms with van der Waals surface area (Å²) in [5, 5.41) is 3.02. The van der Waals surface area contributed by atoms with Gasteiger partial charge in [-0.1, -0.05) is 269 Å². The van der Waals surface area contributed by atoms with E-state index in [4.69, 9.17) is 13.8 Å². The third-order valence-corrected chi connectivity index (χ3v) is 15.2. The molecule has 0 aliphatic carbocycles. The van der Waals surface area contributed by atoms with E-state index in [1.54, 1.807) is 0 Å². The minimum absolute atomic E-state index is 0.0258. The zero-order valence-corrected chi connectivity index (χ0v) is 51.2. The van der Waals surface area contributed by atoms with Crippen LogP contribution in [0.1, 0.15) is 303 Å². The van der Waals surface area contributed by atoms with Gasteiger partial charge in [0.25, 0.3) is 7.82 Å². The van der Waals surface area contributed by atoms with E-state index >= 15 is 0 Å². The molecule has 0 saturated carbocycles. The number of rotatable bonds is 58. The van der Waals surface area contributed by atoms with Crippen LogP contribution in [0.2, 0.25) is 0 Å². The van der Waals surface area contributed by atoms with Gasteiger partial charge in [0.2, 0.25) is 5.91 Å². The van der Waals surface area contributed by atoms with E-state index in [-0.39, 0.29) is 24.9 Å². The first-order valence-corrected chi connectivity index (χ1v) is 33.4. The second-order valence-corrected chi connectivity index (χ2v) is 24.3. The molecule has 1 amide bonds. The van der Waals surface area contributed by atoms with Crippen LogP contribution in [0.5, 0.6) is 0 Å². The highest BCUT2D eigenvalue weighted by molar-refractivity contribution is 7.45. The lowest BCUT2D eigenvalue weighted by molar-refractivity contribution is -0.870. The number of carbonyl (C=O) groups excluding carboxylic acids is 2. The number of amides is 1. The standard InChI is InChI=1S/C65H123N2O7P/c1-7-10-13-16-19-22-25-28-30-32-33-35-37-40-43-46-49-52-55-58-65(69)74-63(56-53-50-47-44-41-38-27-24-21-18-15-12-9-3)62(61-73-75(70,71)72-60-59-67(4,5)6)66-64(68)57-54-51-48-45-42-39-36-34-31-29-26-23-20-17-14-11-8-2/h20,23,29,31,36,39,53,56,62-63H,7-19,21-22,24-28,30,32-35,37-38,40-52,54-55,57-61H2,1-6H3,(H-,66,68,70,71)/b23-20-,31-29-,39-36-,56-53+. The first kappa shape index (κ1) is 73.0. The first-order valence-electron chi connectivity index (χ1n) is 31.9. The SMILES string of the molecule is CCCCC/C=C\C/C=C\C/C=C\CCCCCCC(=O)NC(COP(=O)([O-])OCC[N+](C)(C)C)C(/C=C/CCCCCCCCCCCCC)OC(=O)CCCCCCCCCCCCCCCCCCCCC. The van der Waals surface area contributed by atoms with Crippen LogP contribution in [-0.4, -0.2) is 69.4 Å². The molecule has 0 radical (unpaired) electrons. The first-order chi connectivity index (χ1) is 36.4. The Labute approximate surface area is 465 Å². The topological polar surface area (TPSA) is 114 Å². The van der Waals surface area contributed by atoms with Gasteiger partial charge in [-0.3, -0.25) is 14.2 Å². The van der Waals surface area contributed by atoms with E-state index in [1.165, 1.54) is 186 Å². The number of esters is 1. The number of quaternary nitrogens is 1. The van der Waals surface area contributed by atoms with Crippen molar-refractivity contribution < 1.29 is 37.3 Å². The minimum Gasteiger partial charge on any atom is -0.756 e. The van der Waals surface area contributed by atoms with E-state index in [1.807, 2.05) is 33.3 Å². The van der Waals surface area contributed by atoms with E-state index in [0.717, 1.165) is 77.0 Å². The summed E-state index contributed by atoms with van der Waals surface area (Å²) in [6, 6.07) is -0.898. The maximum Gasteiger partial charge on any atom is 0.306 e. The van der Waals surface area contributed by atoms with Crippen LogP contribution in [0.15, 0.2) is 48.6 Å². The second kappa shape index (κ2) is 55.3. The zero-order valence-electron chi connectivity index (χ0n) is 50.3. The molecule has 1 N–H and O–H groups in total. The summed E-state index contributed by atoms with van der Waals surface area (Å²) in [7, 11) is 1.18. The number of phosphoric acid groups is 1. The Kier molecular flexibility index (Phi) is 53.8. The summed E-state index contributed by atoms with van der Waals surface area (Å²) in [6.45, 7) is 6.83. The summed E-state index contributed by atoms with van der Waals surface area (Å²) in [4.78, 5) is 40.0. The van der Waals surface area contributed by atoms with Crippen molar-refractivity contribution in [2.75, 3.05) is 40.9 Å². The number of nitrogens with one attached hydrogen (secondary N) is 1. The number of phosphoric ester groups is 1. The molecule has 0 spiro atoms. The van der Waals surface area contributed by atoms with Gasteiger partial charge in [-0.2, -0.15) is 0 Å². The minimum atomic E-state index is -4.70. The summed E-state index contributed by atoms with van der Waals surface area (Å²) < 4.78 is 30.3. The summed E-state index contributed by atoms with van der Waals surface area (Å²) in [5.74, 6) is -0.554. The van der Waals surface area contributed by atoms with Gasteiger partial charge in [0.1, 0.15) is 19.3 Å². The van der Waals surface area contributed by atoms with Gasteiger partial charge in [0.05, 0.1) is 33.8 Å². The van der Waals surface area contributed by atoms with Crippen molar-refractivity contribution in [1.82, 2.24) is 5.32 Å². The molecule has 10 heteroatoms. The molecule has 0 heterocycles. The molecule has 0 aromatic rings. The molecule has 0 aromatic heterocycles. The molecule has 9 nitrogen and oxygen atoms in total. The Hall–Kier alpha value is -2.03. The number of allylic oxidation sites excluding steroid dienone is 7. The fraction of sp³-hybridized carbons (Fsp3) is 0.846. The van der Waals surface area contributed by atoms with E-state index in [2.05, 4.69) is 62.5 Å². The van der Waals surface area contributed by atoms with Crippen LogP contribution < -0.4 is 10.2 Å². The smallest absolute Gasteiger partial charge is 0.306 e. The van der Waals surface area contributed by atoms with E-state index in [9.17, 15) is 19.0 Å². The summed E-state index contributed by atoms with van der Waals surface area (Å²) in [6.07, 6.45) is 67.9. The van der Waals surface area contributed by atoms with Crippen LogP contribution in [-0.2, 0) is 27.9 Å². The average Bonchev–Trinajstić information content (AvgIpc) is 3.37. The number of unbranched alkanes of at least 4 members (excludes halogenated alkanes) is 36. The van der Waals surface area contributed by atoms with Crippen LogP contribution in [0.25, 0.3) is 0 Å². The maximum atomic E-state index is 13.5. The number of nitrogens with zero attached hydrogens (tertiary/aromatic N) is 1. The number of likely N-dealkylation sites (N-methyl/N-ethyl adjacent to an activating group) is 1. The molecule has 0 aliphatic rings. The highest BCUT2D eigenvalue weighted by Crippen LogP contribution is 2.38. The number of ether oxygens (including phenoxy) is 1. The fourth-order valence-electron chi connectivity index (χ4n) is 9.29. The second-order valence-electron chi connectivity index (χ2n) is 22.9. The summed E-state index contributed by atoms with van der Waals surface area (Å²) in [5.41, 5.74) is 0. The molecular weight excluding hydrogens is 952 g/mol. The number of hydrogen-bond acceptors (Lipinski definition) is 7. The van der Waals surface area contributed by atoms with Crippen molar-refractivity contribution in [2.45, 2.75) is 315 Å². The molecule has 75 heavy (non-hydrogen) atoms. The summed E-state index contributed by atoms with van der Waals surface area (Å²) >= 11 is 0.